The predicted octanol–water partition coefficient (Wildman–Crippen LogP) is 4.04. The van der Waals surface area contributed by atoms with Gasteiger partial charge in [-0.15, -0.1) is 0 Å². The molecule has 4 rings (SSSR count). The summed E-state index contributed by atoms with van der Waals surface area (Å²) in [7, 11) is 0. The minimum Gasteiger partial charge on any atom is -0.473 e. The molecule has 0 unspecified atom stereocenters. The second kappa shape index (κ2) is 8.47. The van der Waals surface area contributed by atoms with Crippen molar-refractivity contribution in [3.8, 4) is 5.88 Å². The summed E-state index contributed by atoms with van der Waals surface area (Å²) in [6, 6.07) is 4.20. The van der Waals surface area contributed by atoms with Gasteiger partial charge in [-0.25, -0.2) is 0 Å². The van der Waals surface area contributed by atoms with Gasteiger partial charge >= 0.3 is 0 Å². The van der Waals surface area contributed by atoms with Crippen molar-refractivity contribution in [1.29, 1.82) is 0 Å². The molecule has 1 aliphatic carbocycles. The predicted molar refractivity (Wildman–Crippen MR) is 102 cm³/mol. The Balaban J connectivity index is 1.31. The minimum absolute atomic E-state index is 0.318. The molecule has 3 heterocycles. The van der Waals surface area contributed by atoms with Crippen molar-refractivity contribution >= 4 is 5.82 Å². The third-order valence-corrected chi connectivity index (χ3v) is 5.63. The summed E-state index contributed by atoms with van der Waals surface area (Å²) in [4.78, 5) is 15.7. The van der Waals surface area contributed by atoms with Crippen LogP contribution in [0.25, 0.3) is 0 Å². The lowest BCUT2D eigenvalue weighted by molar-refractivity contribution is 0.148. The Kier molecular flexibility index (Phi) is 5.62. The van der Waals surface area contributed by atoms with E-state index >= 15 is 0 Å². The molecular weight excluding hydrogens is 324 g/mol. The van der Waals surface area contributed by atoms with Crippen LogP contribution in [0.2, 0.25) is 0 Å². The molecule has 5 nitrogen and oxygen atoms in total. The van der Waals surface area contributed by atoms with Crippen LogP contribution in [0.4, 0.5) is 5.82 Å². The molecule has 1 saturated heterocycles. The average molecular weight is 352 g/mol. The summed E-state index contributed by atoms with van der Waals surface area (Å²) in [5.74, 6) is 2.37. The molecule has 26 heavy (non-hydrogen) atoms. The molecule has 0 amide bonds. The molecule has 1 saturated carbocycles. The summed E-state index contributed by atoms with van der Waals surface area (Å²) in [5.41, 5.74) is 1.34. The van der Waals surface area contributed by atoms with Crippen molar-refractivity contribution in [2.24, 2.45) is 5.92 Å². The zero-order chi connectivity index (χ0) is 17.6. The Morgan fingerprint density at radius 3 is 2.58 bits per heavy atom. The average Bonchev–Trinajstić information content (AvgIpc) is 2.70. The fourth-order valence-electron chi connectivity index (χ4n) is 4.12. The first-order valence-corrected chi connectivity index (χ1v) is 9.99. The largest absolute Gasteiger partial charge is 0.473 e. The van der Waals surface area contributed by atoms with Crippen LogP contribution in [0.5, 0.6) is 5.88 Å². The first kappa shape index (κ1) is 17.3. The summed E-state index contributed by atoms with van der Waals surface area (Å²) in [6.07, 6.45) is 17.4. The number of hydrogen-bond donors (Lipinski definition) is 0. The summed E-state index contributed by atoms with van der Waals surface area (Å²) in [6.45, 7) is 2.07. The summed E-state index contributed by atoms with van der Waals surface area (Å²) >= 11 is 0. The van der Waals surface area contributed by atoms with E-state index in [1.807, 2.05) is 24.7 Å². The highest BCUT2D eigenvalue weighted by Crippen LogP contribution is 2.26. The number of rotatable bonds is 5. The van der Waals surface area contributed by atoms with Crippen molar-refractivity contribution in [2.75, 3.05) is 18.0 Å². The molecule has 0 bridgehead atoms. The molecule has 2 aliphatic rings. The van der Waals surface area contributed by atoms with Gasteiger partial charge in [-0.05, 0) is 62.5 Å². The minimum atomic E-state index is 0.318. The Labute approximate surface area is 155 Å². The van der Waals surface area contributed by atoms with Gasteiger partial charge in [0.15, 0.2) is 5.82 Å². The van der Waals surface area contributed by atoms with Gasteiger partial charge in [0.25, 0.3) is 0 Å². The van der Waals surface area contributed by atoms with Gasteiger partial charge in [0.1, 0.15) is 6.10 Å². The first-order valence-electron chi connectivity index (χ1n) is 9.99. The van der Waals surface area contributed by atoms with E-state index in [2.05, 4.69) is 20.9 Å². The van der Waals surface area contributed by atoms with Crippen LogP contribution in [0.3, 0.4) is 0 Å². The fourth-order valence-corrected chi connectivity index (χ4v) is 4.12. The number of pyridine rings is 1. The molecule has 0 atom stereocenters. The van der Waals surface area contributed by atoms with Crippen LogP contribution in [-0.2, 0) is 6.42 Å². The second-order valence-corrected chi connectivity index (χ2v) is 7.59. The van der Waals surface area contributed by atoms with Gasteiger partial charge in [0.05, 0.1) is 12.4 Å². The number of piperidine rings is 1. The number of hydrogen-bond acceptors (Lipinski definition) is 5. The van der Waals surface area contributed by atoms with E-state index in [9.17, 15) is 0 Å². The van der Waals surface area contributed by atoms with Gasteiger partial charge in [0.2, 0.25) is 5.88 Å². The quantitative estimate of drug-likeness (QED) is 0.813. The van der Waals surface area contributed by atoms with Crippen molar-refractivity contribution in [3.05, 3.63) is 42.5 Å². The molecule has 0 spiro atoms. The van der Waals surface area contributed by atoms with E-state index in [4.69, 9.17) is 9.72 Å². The lowest BCUT2D eigenvalue weighted by Gasteiger charge is -2.33. The molecular formula is C21H28N4O. The van der Waals surface area contributed by atoms with Gasteiger partial charge < -0.3 is 9.64 Å². The number of nitrogens with zero attached hydrogens (tertiary/aromatic N) is 4. The van der Waals surface area contributed by atoms with Crippen LogP contribution in [0.15, 0.2) is 36.9 Å². The highest BCUT2D eigenvalue weighted by atomic mass is 16.5. The van der Waals surface area contributed by atoms with Crippen molar-refractivity contribution in [3.63, 3.8) is 0 Å². The monoisotopic (exact) mass is 352 g/mol. The molecule has 0 radical (unpaired) electrons. The van der Waals surface area contributed by atoms with Crippen LogP contribution in [0, 0.1) is 5.92 Å². The van der Waals surface area contributed by atoms with Crippen molar-refractivity contribution in [2.45, 2.75) is 57.5 Å². The fraction of sp³-hybridized carbons (Fsp3) is 0.571. The third-order valence-electron chi connectivity index (χ3n) is 5.63. The highest BCUT2D eigenvalue weighted by Gasteiger charge is 2.22. The van der Waals surface area contributed by atoms with E-state index in [1.165, 1.54) is 37.7 Å². The topological polar surface area (TPSA) is 51.1 Å². The maximum absolute atomic E-state index is 6.08. The summed E-state index contributed by atoms with van der Waals surface area (Å²) < 4.78 is 6.08. The standard InChI is InChI=1S/C21H28N4O/c1-2-6-19(7-3-1)26-21-16-23-15-20(24-21)25-11-8-17(9-12-25)13-18-5-4-10-22-14-18/h4-5,10,14-17,19H,1-3,6-9,11-13H2. The van der Waals surface area contributed by atoms with Gasteiger partial charge in [-0.3, -0.25) is 9.97 Å². The van der Waals surface area contributed by atoms with Gasteiger partial charge in [0, 0.05) is 25.5 Å². The van der Waals surface area contributed by atoms with Gasteiger partial charge in [-0.1, -0.05) is 12.5 Å². The van der Waals surface area contributed by atoms with E-state index in [0.29, 0.717) is 12.0 Å². The first-order chi connectivity index (χ1) is 12.9. The van der Waals surface area contributed by atoms with E-state index in [0.717, 1.165) is 44.1 Å². The molecule has 0 N–H and O–H groups in total. The zero-order valence-corrected chi connectivity index (χ0v) is 15.4. The summed E-state index contributed by atoms with van der Waals surface area (Å²) in [5, 5.41) is 0. The van der Waals surface area contributed by atoms with E-state index < -0.39 is 0 Å². The van der Waals surface area contributed by atoms with Gasteiger partial charge in [-0.2, -0.15) is 4.98 Å². The zero-order valence-electron chi connectivity index (χ0n) is 15.4. The number of aromatic nitrogens is 3. The molecule has 0 aromatic carbocycles. The second-order valence-electron chi connectivity index (χ2n) is 7.59. The Morgan fingerprint density at radius 2 is 1.81 bits per heavy atom. The molecule has 1 aliphatic heterocycles. The smallest absolute Gasteiger partial charge is 0.234 e. The maximum atomic E-state index is 6.08. The Bertz CT molecular complexity index is 679. The molecule has 138 valence electrons. The normalized spacial score (nSPS) is 19.5. The lowest BCUT2D eigenvalue weighted by Crippen LogP contribution is -2.35. The highest BCUT2D eigenvalue weighted by molar-refractivity contribution is 5.38. The Morgan fingerprint density at radius 1 is 0.962 bits per heavy atom. The molecule has 2 fully saturated rings. The van der Waals surface area contributed by atoms with E-state index in [1.54, 1.807) is 6.20 Å². The van der Waals surface area contributed by atoms with E-state index in [-0.39, 0.29) is 0 Å². The molecule has 2 aromatic heterocycles. The van der Waals surface area contributed by atoms with Crippen LogP contribution >= 0.6 is 0 Å². The number of anilines is 1. The SMILES string of the molecule is c1cncc(CC2CCN(c3cncc(OC4CCCCC4)n3)CC2)c1. The molecule has 2 aromatic rings. The van der Waals surface area contributed by atoms with Crippen LogP contribution in [0.1, 0.15) is 50.5 Å². The van der Waals surface area contributed by atoms with Crippen molar-refractivity contribution in [1.82, 2.24) is 15.0 Å². The van der Waals surface area contributed by atoms with Crippen LogP contribution < -0.4 is 9.64 Å². The molecule has 5 heteroatoms. The van der Waals surface area contributed by atoms with Crippen molar-refractivity contribution < 1.29 is 4.74 Å². The Hall–Kier alpha value is -2.17. The van der Waals surface area contributed by atoms with Crippen LogP contribution in [-0.4, -0.2) is 34.1 Å². The maximum Gasteiger partial charge on any atom is 0.234 e. The number of ether oxygens (including phenoxy) is 1. The third kappa shape index (κ3) is 4.51. The lowest BCUT2D eigenvalue weighted by atomic mass is 9.91.